The molecule has 0 radical (unpaired) electrons. The van der Waals surface area contributed by atoms with Crippen LogP contribution in [0.5, 0.6) is 6.08 Å². The van der Waals surface area contributed by atoms with Crippen molar-refractivity contribution in [2.24, 2.45) is 0 Å². The van der Waals surface area contributed by atoms with Gasteiger partial charge in [-0.3, -0.25) is 0 Å². The van der Waals surface area contributed by atoms with Crippen molar-refractivity contribution < 1.29 is 14.3 Å². The van der Waals surface area contributed by atoms with E-state index >= 15 is 0 Å². The molecule has 1 aromatic rings. The molecule has 4 nitrogen and oxygen atoms in total. The lowest BCUT2D eigenvalue weighted by Gasteiger charge is -1.97. The van der Waals surface area contributed by atoms with Crippen molar-refractivity contribution in [2.45, 2.75) is 26.4 Å². The molecule has 1 heterocycles. The number of rotatable bonds is 5. The van der Waals surface area contributed by atoms with Crippen LogP contribution in [-0.2, 0) is 6.61 Å². The first kappa shape index (κ1) is 9.06. The Bertz CT molecular complexity index is 222. The maximum Gasteiger partial charge on any atom is 0.393 e. The van der Waals surface area contributed by atoms with Crippen LogP contribution in [0.2, 0.25) is 0 Å². The zero-order valence-corrected chi connectivity index (χ0v) is 7.12. The summed E-state index contributed by atoms with van der Waals surface area (Å²) in [6.07, 6.45) is 3.69. The molecule has 1 N–H and O–H groups in total. The number of hydrogen-bond acceptors (Lipinski definition) is 4. The number of aromatic nitrogens is 1. The average Bonchev–Trinajstić information content (AvgIpc) is 2.53. The third-order valence-electron chi connectivity index (χ3n) is 1.42. The molecule has 0 aromatic carbocycles. The molecule has 0 aliphatic heterocycles. The largest absolute Gasteiger partial charge is 0.450 e. The fraction of sp³-hybridized carbons (Fsp3) is 0.625. The number of oxazole rings is 1. The quantitative estimate of drug-likeness (QED) is 0.679. The third kappa shape index (κ3) is 2.54. The van der Waals surface area contributed by atoms with Gasteiger partial charge in [0.25, 0.3) is 0 Å². The first-order valence-electron chi connectivity index (χ1n) is 4.05. The maximum atomic E-state index is 8.64. The molecular formula is C8H13NO3. The van der Waals surface area contributed by atoms with Gasteiger partial charge in [-0.25, -0.2) is 0 Å². The maximum absolute atomic E-state index is 8.64. The van der Waals surface area contributed by atoms with Gasteiger partial charge in [0.2, 0.25) is 0 Å². The van der Waals surface area contributed by atoms with Gasteiger partial charge >= 0.3 is 6.08 Å². The molecule has 0 unspecified atom stereocenters. The van der Waals surface area contributed by atoms with Crippen LogP contribution in [0.3, 0.4) is 0 Å². The predicted octanol–water partition coefficient (Wildman–Crippen LogP) is 1.35. The van der Waals surface area contributed by atoms with E-state index in [9.17, 15) is 0 Å². The first-order valence-corrected chi connectivity index (χ1v) is 4.05. The highest BCUT2D eigenvalue weighted by Gasteiger charge is 2.02. The summed E-state index contributed by atoms with van der Waals surface area (Å²) in [7, 11) is 0. The SMILES string of the molecule is CCCCOc1nc(CO)co1. The normalized spacial score (nSPS) is 10.2. The molecule has 0 atom stereocenters. The number of aliphatic hydroxyl groups excluding tert-OH is 1. The predicted molar refractivity (Wildman–Crippen MR) is 42.8 cm³/mol. The number of ether oxygens (including phenoxy) is 1. The highest BCUT2D eigenvalue weighted by Crippen LogP contribution is 2.10. The van der Waals surface area contributed by atoms with Gasteiger partial charge in [0.1, 0.15) is 12.0 Å². The van der Waals surface area contributed by atoms with Gasteiger partial charge in [0.05, 0.1) is 13.2 Å². The highest BCUT2D eigenvalue weighted by atomic mass is 16.6. The van der Waals surface area contributed by atoms with Gasteiger partial charge in [-0.05, 0) is 6.42 Å². The van der Waals surface area contributed by atoms with Gasteiger partial charge in [-0.1, -0.05) is 13.3 Å². The fourth-order valence-corrected chi connectivity index (χ4v) is 0.731. The zero-order valence-electron chi connectivity index (χ0n) is 7.12. The Morgan fingerprint density at radius 1 is 1.67 bits per heavy atom. The average molecular weight is 171 g/mol. The summed E-state index contributed by atoms with van der Waals surface area (Å²) in [5.41, 5.74) is 0.501. The van der Waals surface area contributed by atoms with Crippen molar-refractivity contribution in [2.75, 3.05) is 6.61 Å². The topological polar surface area (TPSA) is 55.5 Å². The van der Waals surface area contributed by atoms with Crippen molar-refractivity contribution in [1.29, 1.82) is 0 Å². The Kier molecular flexibility index (Phi) is 3.60. The summed E-state index contributed by atoms with van der Waals surface area (Å²) in [4.78, 5) is 3.86. The van der Waals surface area contributed by atoms with E-state index in [2.05, 4.69) is 11.9 Å². The van der Waals surface area contributed by atoms with Crippen molar-refractivity contribution in [3.8, 4) is 6.08 Å². The molecule has 68 valence electrons. The summed E-state index contributed by atoms with van der Waals surface area (Å²) in [6, 6.07) is 0. The lowest BCUT2D eigenvalue weighted by molar-refractivity contribution is 0.226. The van der Waals surface area contributed by atoms with Gasteiger partial charge in [-0.15, -0.1) is 0 Å². The Balaban J connectivity index is 2.31. The Hall–Kier alpha value is -1.03. The second-order valence-corrected chi connectivity index (χ2v) is 2.46. The van der Waals surface area contributed by atoms with E-state index in [0.717, 1.165) is 12.8 Å². The Morgan fingerprint density at radius 2 is 2.50 bits per heavy atom. The van der Waals surface area contributed by atoms with Crippen LogP contribution >= 0.6 is 0 Å². The van der Waals surface area contributed by atoms with E-state index in [1.807, 2.05) is 0 Å². The van der Waals surface area contributed by atoms with Crippen LogP contribution in [0.4, 0.5) is 0 Å². The highest BCUT2D eigenvalue weighted by molar-refractivity contribution is 4.97. The number of aliphatic hydroxyl groups is 1. The summed E-state index contributed by atoms with van der Waals surface area (Å²) >= 11 is 0. The number of unbranched alkanes of at least 4 members (excludes halogenated alkanes) is 1. The second kappa shape index (κ2) is 4.77. The van der Waals surface area contributed by atoms with Crippen molar-refractivity contribution >= 4 is 0 Å². The lowest BCUT2D eigenvalue weighted by atomic mass is 10.4. The molecule has 0 fully saturated rings. The smallest absolute Gasteiger partial charge is 0.393 e. The van der Waals surface area contributed by atoms with E-state index in [1.165, 1.54) is 6.26 Å². The van der Waals surface area contributed by atoms with E-state index in [4.69, 9.17) is 14.3 Å². The first-order chi connectivity index (χ1) is 5.86. The van der Waals surface area contributed by atoms with Crippen LogP contribution in [0.1, 0.15) is 25.5 Å². The summed E-state index contributed by atoms with van der Waals surface area (Å²) in [5.74, 6) is 0. The Morgan fingerprint density at radius 3 is 3.08 bits per heavy atom. The molecule has 0 saturated carbocycles. The summed E-state index contributed by atoms with van der Waals surface area (Å²) in [6.45, 7) is 2.58. The zero-order chi connectivity index (χ0) is 8.81. The third-order valence-corrected chi connectivity index (χ3v) is 1.42. The van der Waals surface area contributed by atoms with Crippen molar-refractivity contribution in [3.05, 3.63) is 12.0 Å². The molecule has 0 aliphatic carbocycles. The van der Waals surface area contributed by atoms with Crippen LogP contribution < -0.4 is 4.74 Å². The molecule has 0 bridgehead atoms. The minimum Gasteiger partial charge on any atom is -0.450 e. The van der Waals surface area contributed by atoms with Gasteiger partial charge in [-0.2, -0.15) is 4.98 Å². The van der Waals surface area contributed by atoms with E-state index in [0.29, 0.717) is 12.3 Å². The lowest BCUT2D eigenvalue weighted by Crippen LogP contribution is -1.96. The molecule has 4 heteroatoms. The van der Waals surface area contributed by atoms with E-state index in [1.54, 1.807) is 0 Å². The van der Waals surface area contributed by atoms with E-state index in [-0.39, 0.29) is 12.7 Å². The van der Waals surface area contributed by atoms with Crippen molar-refractivity contribution in [1.82, 2.24) is 4.98 Å². The second-order valence-electron chi connectivity index (χ2n) is 2.46. The summed E-state index contributed by atoms with van der Waals surface area (Å²) in [5, 5.41) is 8.64. The molecule has 0 aliphatic rings. The summed E-state index contributed by atoms with van der Waals surface area (Å²) < 4.78 is 10.0. The van der Waals surface area contributed by atoms with E-state index < -0.39 is 0 Å². The number of nitrogens with zero attached hydrogens (tertiary/aromatic N) is 1. The molecule has 12 heavy (non-hydrogen) atoms. The Labute approximate surface area is 71.2 Å². The van der Waals surface area contributed by atoms with Crippen LogP contribution in [0.15, 0.2) is 10.7 Å². The standard InChI is InChI=1S/C8H13NO3/c1-2-3-4-11-8-9-7(5-10)6-12-8/h6,10H,2-5H2,1H3. The molecule has 0 amide bonds. The minimum atomic E-state index is -0.110. The molecule has 1 rings (SSSR count). The monoisotopic (exact) mass is 171 g/mol. The number of hydrogen-bond donors (Lipinski definition) is 1. The molecule has 0 spiro atoms. The minimum absolute atomic E-state index is 0.110. The molecular weight excluding hydrogens is 158 g/mol. The van der Waals surface area contributed by atoms with Gasteiger partial charge < -0.3 is 14.3 Å². The van der Waals surface area contributed by atoms with Gasteiger partial charge in [0.15, 0.2) is 0 Å². The fourth-order valence-electron chi connectivity index (χ4n) is 0.731. The molecule has 1 aromatic heterocycles. The molecule has 0 saturated heterocycles. The van der Waals surface area contributed by atoms with Crippen molar-refractivity contribution in [3.63, 3.8) is 0 Å². The van der Waals surface area contributed by atoms with Gasteiger partial charge in [0, 0.05) is 0 Å². The van der Waals surface area contributed by atoms with Crippen LogP contribution in [0, 0.1) is 0 Å². The van der Waals surface area contributed by atoms with Crippen LogP contribution in [0.25, 0.3) is 0 Å². The van der Waals surface area contributed by atoms with Crippen LogP contribution in [-0.4, -0.2) is 16.7 Å².